The van der Waals surface area contributed by atoms with E-state index in [9.17, 15) is 5.11 Å². The van der Waals surface area contributed by atoms with Gasteiger partial charge in [-0.3, -0.25) is 0 Å². The first-order valence-corrected chi connectivity index (χ1v) is 7.15. The zero-order valence-corrected chi connectivity index (χ0v) is 12.0. The summed E-state index contributed by atoms with van der Waals surface area (Å²) in [5.41, 5.74) is 2.07. The summed E-state index contributed by atoms with van der Waals surface area (Å²) in [4.78, 5) is 0. The number of hydrogen-bond donors (Lipinski definition) is 1. The van der Waals surface area contributed by atoms with E-state index in [0.29, 0.717) is 16.7 Å². The number of halogens is 1. The Balaban J connectivity index is 1.81. The summed E-state index contributed by atoms with van der Waals surface area (Å²) in [7, 11) is 1.61. The smallest absolute Gasteiger partial charge is 0.124 e. The van der Waals surface area contributed by atoms with Gasteiger partial charge in [-0.1, -0.05) is 41.9 Å². The van der Waals surface area contributed by atoms with Crippen molar-refractivity contribution < 1.29 is 9.84 Å². The lowest BCUT2D eigenvalue weighted by atomic mass is 10.0. The highest BCUT2D eigenvalue weighted by atomic mass is 35.5. The number of hydrogen-bond acceptors (Lipinski definition) is 2. The molecule has 3 heteroatoms. The molecule has 1 aliphatic carbocycles. The van der Waals surface area contributed by atoms with E-state index < -0.39 is 6.10 Å². The minimum atomic E-state index is -0.533. The second kappa shape index (κ2) is 5.47. The highest BCUT2D eigenvalue weighted by Crippen LogP contribution is 2.55. The maximum absolute atomic E-state index is 10.6. The molecule has 2 aromatic carbocycles. The molecule has 0 amide bonds. The van der Waals surface area contributed by atoms with Crippen LogP contribution in [0.25, 0.3) is 0 Å². The molecule has 3 rings (SSSR count). The predicted molar refractivity (Wildman–Crippen MR) is 80.3 cm³/mol. The van der Waals surface area contributed by atoms with Crippen LogP contribution in [0.3, 0.4) is 0 Å². The lowest BCUT2D eigenvalue weighted by molar-refractivity contribution is 0.147. The molecule has 1 fully saturated rings. The maximum Gasteiger partial charge on any atom is 0.124 e. The van der Waals surface area contributed by atoms with Crippen molar-refractivity contribution in [1.82, 2.24) is 0 Å². The Morgan fingerprint density at radius 1 is 1.20 bits per heavy atom. The fraction of sp³-hybridized carbons (Fsp3) is 0.294. The summed E-state index contributed by atoms with van der Waals surface area (Å²) in [6.45, 7) is 0. The van der Waals surface area contributed by atoms with Crippen LogP contribution < -0.4 is 4.74 Å². The van der Waals surface area contributed by atoms with Crippen LogP contribution in [0.4, 0.5) is 0 Å². The highest BCUT2D eigenvalue weighted by Gasteiger charge is 2.44. The van der Waals surface area contributed by atoms with E-state index in [2.05, 4.69) is 12.1 Å². The number of aliphatic hydroxyl groups is 1. The van der Waals surface area contributed by atoms with E-state index in [1.165, 1.54) is 5.56 Å². The molecule has 1 aliphatic rings. The summed E-state index contributed by atoms with van der Waals surface area (Å²) >= 11 is 6.03. The van der Waals surface area contributed by atoms with Crippen molar-refractivity contribution in [3.63, 3.8) is 0 Å². The molecular formula is C17H17ClO2. The van der Waals surface area contributed by atoms with Crippen molar-refractivity contribution in [2.75, 3.05) is 7.11 Å². The highest BCUT2D eigenvalue weighted by molar-refractivity contribution is 6.30. The molecule has 0 heterocycles. The third-order valence-corrected chi connectivity index (χ3v) is 4.22. The molecule has 0 bridgehead atoms. The van der Waals surface area contributed by atoms with E-state index in [0.717, 1.165) is 12.0 Å². The van der Waals surface area contributed by atoms with Gasteiger partial charge in [0.05, 0.1) is 13.2 Å². The number of ether oxygens (including phenoxy) is 1. The van der Waals surface area contributed by atoms with Crippen LogP contribution in [-0.2, 0) is 0 Å². The van der Waals surface area contributed by atoms with E-state index in [-0.39, 0.29) is 5.92 Å². The van der Waals surface area contributed by atoms with Crippen LogP contribution in [-0.4, -0.2) is 12.2 Å². The molecule has 2 aromatic rings. The Labute approximate surface area is 124 Å². The average Bonchev–Trinajstić information content (AvgIpc) is 3.28. The largest absolute Gasteiger partial charge is 0.496 e. The third kappa shape index (κ3) is 2.54. The van der Waals surface area contributed by atoms with Gasteiger partial charge in [-0.2, -0.15) is 0 Å². The minimum Gasteiger partial charge on any atom is -0.496 e. The van der Waals surface area contributed by atoms with Gasteiger partial charge in [0, 0.05) is 10.6 Å². The van der Waals surface area contributed by atoms with Crippen LogP contribution in [0.2, 0.25) is 5.02 Å². The zero-order valence-electron chi connectivity index (χ0n) is 11.3. The van der Waals surface area contributed by atoms with E-state index in [4.69, 9.17) is 16.3 Å². The molecule has 2 nitrogen and oxygen atoms in total. The first-order valence-electron chi connectivity index (χ1n) is 6.77. The average molecular weight is 289 g/mol. The Morgan fingerprint density at radius 2 is 1.95 bits per heavy atom. The first kappa shape index (κ1) is 13.5. The summed E-state index contributed by atoms with van der Waals surface area (Å²) in [6.07, 6.45) is 0.467. The molecule has 0 aliphatic heterocycles. The second-order valence-electron chi connectivity index (χ2n) is 5.25. The van der Waals surface area contributed by atoms with Gasteiger partial charge in [-0.25, -0.2) is 0 Å². The van der Waals surface area contributed by atoms with Crippen molar-refractivity contribution in [3.05, 3.63) is 64.7 Å². The molecule has 1 N–H and O–H groups in total. The van der Waals surface area contributed by atoms with Gasteiger partial charge in [0.25, 0.3) is 0 Å². The monoisotopic (exact) mass is 288 g/mol. The van der Waals surface area contributed by atoms with Gasteiger partial charge in [0.15, 0.2) is 0 Å². The first-order chi connectivity index (χ1) is 9.70. The van der Waals surface area contributed by atoms with Gasteiger partial charge in [-0.05, 0) is 42.0 Å². The number of aliphatic hydroxyl groups excluding tert-OH is 1. The molecule has 0 radical (unpaired) electrons. The molecule has 20 heavy (non-hydrogen) atoms. The van der Waals surface area contributed by atoms with Gasteiger partial charge in [0.2, 0.25) is 0 Å². The molecule has 0 saturated heterocycles. The Kier molecular flexibility index (Phi) is 3.68. The summed E-state index contributed by atoms with van der Waals surface area (Å²) in [5, 5.41) is 11.2. The lowest BCUT2D eigenvalue weighted by Crippen LogP contribution is -2.04. The van der Waals surface area contributed by atoms with E-state index in [1.54, 1.807) is 25.3 Å². The van der Waals surface area contributed by atoms with E-state index in [1.807, 2.05) is 18.2 Å². The van der Waals surface area contributed by atoms with Gasteiger partial charge in [0.1, 0.15) is 5.75 Å². The number of rotatable bonds is 4. The molecule has 3 unspecified atom stereocenters. The SMILES string of the molecule is COc1ccc(Cl)cc1C(O)C1CC1c1ccccc1. The zero-order chi connectivity index (χ0) is 14.1. The van der Waals surface area contributed by atoms with Crippen LogP contribution in [0, 0.1) is 5.92 Å². The fourth-order valence-corrected chi connectivity index (χ4v) is 2.99. The molecule has 104 valence electrons. The molecule has 1 saturated carbocycles. The Bertz CT molecular complexity index is 597. The summed E-state index contributed by atoms with van der Waals surface area (Å²) in [6, 6.07) is 15.7. The van der Waals surface area contributed by atoms with Crippen molar-refractivity contribution in [2.45, 2.75) is 18.4 Å². The molecule has 0 aromatic heterocycles. The quantitative estimate of drug-likeness (QED) is 0.914. The van der Waals surface area contributed by atoms with Crippen molar-refractivity contribution in [3.8, 4) is 5.75 Å². The Morgan fingerprint density at radius 3 is 2.65 bits per heavy atom. The van der Waals surface area contributed by atoms with Crippen LogP contribution in [0.5, 0.6) is 5.75 Å². The lowest BCUT2D eigenvalue weighted by Gasteiger charge is -2.15. The van der Waals surface area contributed by atoms with Crippen LogP contribution in [0.1, 0.15) is 29.6 Å². The third-order valence-electron chi connectivity index (χ3n) is 3.98. The second-order valence-corrected chi connectivity index (χ2v) is 5.68. The van der Waals surface area contributed by atoms with Gasteiger partial charge in [-0.15, -0.1) is 0 Å². The van der Waals surface area contributed by atoms with Crippen LogP contribution >= 0.6 is 11.6 Å². The number of benzene rings is 2. The molecule has 3 atom stereocenters. The van der Waals surface area contributed by atoms with Crippen molar-refractivity contribution in [2.24, 2.45) is 5.92 Å². The molecular weight excluding hydrogens is 272 g/mol. The minimum absolute atomic E-state index is 0.241. The Hall–Kier alpha value is -1.51. The van der Waals surface area contributed by atoms with Crippen molar-refractivity contribution in [1.29, 1.82) is 0 Å². The van der Waals surface area contributed by atoms with Crippen molar-refractivity contribution >= 4 is 11.6 Å². The fourth-order valence-electron chi connectivity index (χ4n) is 2.81. The predicted octanol–water partition coefficient (Wildman–Crippen LogP) is 4.19. The number of methoxy groups -OCH3 is 1. The van der Waals surface area contributed by atoms with Gasteiger partial charge < -0.3 is 9.84 Å². The molecule has 0 spiro atoms. The van der Waals surface area contributed by atoms with E-state index >= 15 is 0 Å². The van der Waals surface area contributed by atoms with Crippen LogP contribution in [0.15, 0.2) is 48.5 Å². The normalized spacial score (nSPS) is 22.4. The topological polar surface area (TPSA) is 29.5 Å². The standard InChI is InChI=1S/C17H17ClO2/c1-20-16-8-7-12(18)9-15(16)17(19)14-10-13(14)11-5-3-2-4-6-11/h2-9,13-14,17,19H,10H2,1H3. The summed E-state index contributed by atoms with van der Waals surface area (Å²) in [5.74, 6) is 1.36. The summed E-state index contributed by atoms with van der Waals surface area (Å²) < 4.78 is 5.32. The maximum atomic E-state index is 10.6. The van der Waals surface area contributed by atoms with Gasteiger partial charge >= 0.3 is 0 Å².